The molecule has 0 fully saturated rings. The van der Waals surface area contributed by atoms with Gasteiger partial charge in [0.25, 0.3) is 10.2 Å². The van der Waals surface area contributed by atoms with Crippen molar-refractivity contribution >= 4 is 36.3 Å². The molecule has 2 aromatic carbocycles. The van der Waals surface area contributed by atoms with Gasteiger partial charge in [-0.15, -0.1) is 32.6 Å². The van der Waals surface area contributed by atoms with Crippen molar-refractivity contribution in [1.29, 1.82) is 0 Å². The lowest BCUT2D eigenvalue weighted by atomic mass is 10.2. The van der Waals surface area contributed by atoms with Crippen molar-refractivity contribution < 1.29 is 62.7 Å². The molecule has 228 valence electrons. The molecule has 0 saturated heterocycles. The number of rotatable bonds is 16. The predicted molar refractivity (Wildman–Crippen MR) is 137 cm³/mol. The van der Waals surface area contributed by atoms with E-state index in [2.05, 4.69) is 9.68 Å². The summed E-state index contributed by atoms with van der Waals surface area (Å²) in [5.41, 5.74) is 5.04. The molecule has 2 N–H and O–H groups in total. The Kier molecular flexibility index (Phi) is 14.5. The van der Waals surface area contributed by atoms with Crippen molar-refractivity contribution in [2.45, 2.75) is 19.4 Å². The molecule has 1 atom stereocenters. The second kappa shape index (κ2) is 17.5. The highest BCUT2D eigenvalue weighted by Gasteiger charge is 2.21. The predicted octanol–water partition coefficient (Wildman–Crippen LogP) is 1.42. The second-order valence-corrected chi connectivity index (χ2v) is 7.53. The summed E-state index contributed by atoms with van der Waals surface area (Å²) in [5, 5.41) is 18.7. The topological polar surface area (TPSA) is 245 Å². The number of hydrogen-bond acceptors (Lipinski definition) is 16. The number of halogens is 1. The fraction of sp³-hybridized carbons (Fsp3) is 0.304. The number of nitrogens with two attached hydrogens (primary N) is 1. The van der Waals surface area contributed by atoms with Crippen LogP contribution >= 0.6 is 12.4 Å². The summed E-state index contributed by atoms with van der Waals surface area (Å²) >= 11 is 0. The number of carbonyl (C=O) groups excluding carboxylic acids is 4. The van der Waals surface area contributed by atoms with Gasteiger partial charge in [-0.05, 0) is 30.3 Å². The maximum atomic E-state index is 12.5. The highest BCUT2D eigenvalue weighted by molar-refractivity contribution is 5.94. The van der Waals surface area contributed by atoms with Gasteiger partial charge in [-0.2, -0.15) is 0 Å². The Morgan fingerprint density at radius 3 is 2.21 bits per heavy atom. The number of benzene rings is 2. The van der Waals surface area contributed by atoms with E-state index in [4.69, 9.17) is 29.4 Å². The van der Waals surface area contributed by atoms with Crippen molar-refractivity contribution in [3.63, 3.8) is 0 Å². The molecule has 18 nitrogen and oxygen atoms in total. The summed E-state index contributed by atoms with van der Waals surface area (Å²) in [6.07, 6.45) is -1.77. The molecule has 0 amide bonds. The number of nitrogens with zero attached hydrogens (tertiary/aromatic N) is 2. The number of carbonyl (C=O) groups is 4. The van der Waals surface area contributed by atoms with Crippen LogP contribution in [0.2, 0.25) is 0 Å². The van der Waals surface area contributed by atoms with E-state index < -0.39 is 60.2 Å². The number of esters is 4. The molecule has 0 spiro atoms. The van der Waals surface area contributed by atoms with Crippen molar-refractivity contribution in [3.8, 4) is 17.2 Å². The van der Waals surface area contributed by atoms with Gasteiger partial charge < -0.3 is 39.1 Å². The van der Waals surface area contributed by atoms with Gasteiger partial charge in [0.05, 0.1) is 12.0 Å². The summed E-state index contributed by atoms with van der Waals surface area (Å²) in [5.74, 6) is -4.08. The van der Waals surface area contributed by atoms with Gasteiger partial charge in [0.2, 0.25) is 6.79 Å². The first kappa shape index (κ1) is 34.8. The molecular weight excluding hydrogens is 594 g/mol. The molecule has 19 heteroatoms. The fourth-order valence-electron chi connectivity index (χ4n) is 2.86. The van der Waals surface area contributed by atoms with E-state index in [0.717, 1.165) is 25.1 Å². The van der Waals surface area contributed by atoms with Gasteiger partial charge in [0, 0.05) is 13.5 Å². The molecule has 0 aromatic heterocycles. The highest BCUT2D eigenvalue weighted by atomic mass is 35.5. The highest BCUT2D eigenvalue weighted by Crippen LogP contribution is 2.30. The van der Waals surface area contributed by atoms with Gasteiger partial charge in [0.1, 0.15) is 24.5 Å². The number of hydrogen-bond donors (Lipinski definition) is 1. The minimum atomic E-state index is -1.55. The lowest BCUT2D eigenvalue weighted by Gasteiger charge is -2.17. The van der Waals surface area contributed by atoms with Gasteiger partial charge >= 0.3 is 23.9 Å². The Morgan fingerprint density at radius 2 is 1.57 bits per heavy atom. The van der Waals surface area contributed by atoms with Crippen molar-refractivity contribution in [3.05, 3.63) is 73.8 Å². The van der Waals surface area contributed by atoms with Crippen LogP contribution in [0.3, 0.4) is 0 Å². The van der Waals surface area contributed by atoms with E-state index in [9.17, 15) is 39.4 Å². The molecule has 2 aromatic rings. The lowest BCUT2D eigenvalue weighted by molar-refractivity contribution is -0.790. The van der Waals surface area contributed by atoms with Crippen molar-refractivity contribution in [2.75, 3.05) is 26.6 Å². The summed E-state index contributed by atoms with van der Waals surface area (Å²) in [6.45, 7) is -1.29. The van der Waals surface area contributed by atoms with Crippen molar-refractivity contribution in [1.82, 2.24) is 0 Å². The van der Waals surface area contributed by atoms with Gasteiger partial charge in [-0.1, -0.05) is 12.1 Å². The molecule has 0 radical (unpaired) electrons. The molecule has 0 bridgehead atoms. The van der Waals surface area contributed by atoms with Gasteiger partial charge in [0.15, 0.2) is 17.6 Å². The average Bonchev–Trinajstić information content (AvgIpc) is 2.90. The van der Waals surface area contributed by atoms with Crippen LogP contribution < -0.4 is 19.9 Å². The first-order chi connectivity index (χ1) is 19.5. The molecule has 0 aliphatic heterocycles. The zero-order valence-electron chi connectivity index (χ0n) is 21.7. The Labute approximate surface area is 242 Å². The molecule has 0 aliphatic rings. The SMILES string of the molecule is CC(=O)Oc1ccccc1C(=O)OCOC(=O)c1ccc(OCC(CO[N+](=O)[O-])O[N+](=O)[O-])c(OC(=O)CCN)c1.Cl. The van der Waals surface area contributed by atoms with Crippen LogP contribution in [0.15, 0.2) is 42.5 Å². The standard InChI is InChI=1S/C23H23N3O15.ClH/c1-14(27)39-18-5-3-2-4-17(18)23(30)37-13-36-22(29)15-6-7-19(20(10-15)40-21(28)8-9-24)35-11-16(41-26(33)34)12-38-25(31)32;/h2-7,10,16H,8-9,11-13,24H2,1H3;1H. The van der Waals surface area contributed by atoms with E-state index >= 15 is 0 Å². The third-order valence-electron chi connectivity index (χ3n) is 4.52. The molecular formula is C23H24ClN3O15. The Hall–Kier alpha value is -5.23. The summed E-state index contributed by atoms with van der Waals surface area (Å²) in [6, 6.07) is 9.04. The van der Waals surface area contributed by atoms with Crippen LogP contribution in [0.4, 0.5) is 0 Å². The largest absolute Gasteiger partial charge is 0.487 e. The van der Waals surface area contributed by atoms with Gasteiger partial charge in [-0.3, -0.25) is 9.59 Å². The second-order valence-electron chi connectivity index (χ2n) is 7.53. The van der Waals surface area contributed by atoms with E-state index in [1.165, 1.54) is 24.3 Å². The Bertz CT molecular complexity index is 1290. The quantitative estimate of drug-likeness (QED) is 0.0919. The van der Waals surface area contributed by atoms with Crippen LogP contribution in [0, 0.1) is 20.2 Å². The maximum absolute atomic E-state index is 12.5. The van der Waals surface area contributed by atoms with Crippen LogP contribution in [0.25, 0.3) is 0 Å². The lowest BCUT2D eigenvalue weighted by Crippen LogP contribution is -2.30. The minimum Gasteiger partial charge on any atom is -0.487 e. The average molecular weight is 618 g/mol. The zero-order chi connectivity index (χ0) is 30.4. The van der Waals surface area contributed by atoms with Gasteiger partial charge in [-0.25, -0.2) is 9.59 Å². The van der Waals surface area contributed by atoms with Crippen LogP contribution in [-0.4, -0.2) is 66.7 Å². The van der Waals surface area contributed by atoms with E-state index in [-0.39, 0.29) is 53.7 Å². The molecule has 42 heavy (non-hydrogen) atoms. The first-order valence-corrected chi connectivity index (χ1v) is 11.4. The molecule has 0 saturated carbocycles. The number of ether oxygens (including phenoxy) is 5. The van der Waals surface area contributed by atoms with Crippen LogP contribution in [0.5, 0.6) is 17.2 Å². The molecule has 1 unspecified atom stereocenters. The van der Waals surface area contributed by atoms with Crippen LogP contribution in [-0.2, 0) is 28.7 Å². The van der Waals surface area contributed by atoms with E-state index in [1.54, 1.807) is 0 Å². The fourth-order valence-corrected chi connectivity index (χ4v) is 2.86. The number of para-hydroxylation sites is 1. The summed E-state index contributed by atoms with van der Waals surface area (Å²) < 4.78 is 25.2. The molecule has 2 rings (SSSR count). The summed E-state index contributed by atoms with van der Waals surface area (Å²) in [7, 11) is 0. The minimum absolute atomic E-state index is 0. The maximum Gasteiger partial charge on any atom is 0.344 e. The smallest absolute Gasteiger partial charge is 0.344 e. The third kappa shape index (κ3) is 11.9. The monoisotopic (exact) mass is 617 g/mol. The molecule has 0 heterocycles. The third-order valence-corrected chi connectivity index (χ3v) is 4.52. The Morgan fingerprint density at radius 1 is 0.881 bits per heavy atom. The Balaban J connectivity index is 0.00000882. The molecule has 0 aliphatic carbocycles. The summed E-state index contributed by atoms with van der Waals surface area (Å²) in [4.78, 5) is 77.5. The van der Waals surface area contributed by atoms with E-state index in [0.29, 0.717) is 0 Å². The zero-order valence-corrected chi connectivity index (χ0v) is 22.5. The first-order valence-electron chi connectivity index (χ1n) is 11.4. The van der Waals surface area contributed by atoms with E-state index in [1.807, 2.05) is 0 Å². The van der Waals surface area contributed by atoms with Crippen LogP contribution in [0.1, 0.15) is 34.1 Å². The van der Waals surface area contributed by atoms with Crippen molar-refractivity contribution in [2.24, 2.45) is 5.73 Å². The normalized spacial score (nSPS) is 10.6.